The molecule has 2 unspecified atom stereocenters. The van der Waals surface area contributed by atoms with Gasteiger partial charge < -0.3 is 9.64 Å². The Balaban J connectivity index is 1.17. The van der Waals surface area contributed by atoms with Gasteiger partial charge in [-0.1, -0.05) is 30.3 Å². The number of benzene rings is 2. The minimum Gasteiger partial charge on any atom is -0.385 e. The predicted octanol–water partition coefficient (Wildman–Crippen LogP) is 6.43. The maximum absolute atomic E-state index is 14.2. The molecular weight excluding hydrogens is 482 g/mol. The zero-order valence-electron chi connectivity index (χ0n) is 22.1. The highest BCUT2D eigenvalue weighted by molar-refractivity contribution is 6.02. The maximum atomic E-state index is 14.2. The van der Waals surface area contributed by atoms with E-state index in [1.165, 1.54) is 44.0 Å². The van der Waals surface area contributed by atoms with E-state index in [0.717, 1.165) is 61.5 Å². The predicted molar refractivity (Wildman–Crippen MR) is 146 cm³/mol. The first-order valence-corrected chi connectivity index (χ1v) is 13.7. The lowest BCUT2D eigenvalue weighted by Crippen LogP contribution is -2.26. The lowest BCUT2D eigenvalue weighted by Gasteiger charge is -2.19. The van der Waals surface area contributed by atoms with Gasteiger partial charge in [0.05, 0.1) is 11.6 Å². The van der Waals surface area contributed by atoms with Crippen LogP contribution in [-0.2, 0) is 11.2 Å². The molecule has 3 aromatic rings. The first-order chi connectivity index (χ1) is 18.6. The van der Waals surface area contributed by atoms with Crippen LogP contribution in [0, 0.1) is 17.6 Å². The Kier molecular flexibility index (Phi) is 8.86. The summed E-state index contributed by atoms with van der Waals surface area (Å²) in [7, 11) is 1.76. The van der Waals surface area contributed by atoms with Gasteiger partial charge in [0.15, 0.2) is 0 Å². The average molecular weight is 519 g/mol. The van der Waals surface area contributed by atoms with Gasteiger partial charge in [0.25, 0.3) is 0 Å². The van der Waals surface area contributed by atoms with Crippen LogP contribution in [0.4, 0.5) is 8.78 Å². The number of hydrogen-bond acceptors (Lipinski definition) is 5. The van der Waals surface area contributed by atoms with Gasteiger partial charge in [0.1, 0.15) is 17.5 Å². The number of nitrogens with zero attached hydrogens (tertiary/aromatic N) is 4. The van der Waals surface area contributed by atoms with Crippen LogP contribution >= 0.6 is 0 Å². The topological polar surface area (TPSA) is 50.6 Å². The third kappa shape index (κ3) is 6.51. The van der Waals surface area contributed by atoms with E-state index in [1.54, 1.807) is 7.11 Å². The van der Waals surface area contributed by atoms with E-state index < -0.39 is 11.6 Å². The highest BCUT2D eigenvalue weighted by Gasteiger charge is 2.24. The van der Waals surface area contributed by atoms with Gasteiger partial charge in [0, 0.05) is 50.4 Å². The summed E-state index contributed by atoms with van der Waals surface area (Å²) in [6, 6.07) is 12.0. The van der Waals surface area contributed by atoms with E-state index in [1.807, 2.05) is 36.7 Å². The quantitative estimate of drug-likeness (QED) is 0.307. The summed E-state index contributed by atoms with van der Waals surface area (Å²) < 4.78 is 33.5. The highest BCUT2D eigenvalue weighted by Crippen LogP contribution is 2.33. The third-order valence-corrected chi connectivity index (χ3v) is 7.79. The molecule has 3 heterocycles. The number of ether oxygens (including phenoxy) is 1. The smallest absolute Gasteiger partial charge is 0.135 e. The summed E-state index contributed by atoms with van der Waals surface area (Å²) in [5, 5.41) is 0. The molecule has 0 radical (unpaired) electrons. The third-order valence-electron chi connectivity index (χ3n) is 7.79. The van der Waals surface area contributed by atoms with Crippen LogP contribution in [0.1, 0.15) is 61.5 Å². The van der Waals surface area contributed by atoms with Crippen molar-refractivity contribution in [3.05, 3.63) is 83.4 Å². The fourth-order valence-electron chi connectivity index (χ4n) is 5.65. The Morgan fingerprint density at radius 3 is 2.42 bits per heavy atom. The van der Waals surface area contributed by atoms with Crippen molar-refractivity contribution >= 4 is 5.71 Å². The van der Waals surface area contributed by atoms with Gasteiger partial charge in [-0.25, -0.2) is 18.7 Å². The highest BCUT2D eigenvalue weighted by atomic mass is 19.1. The summed E-state index contributed by atoms with van der Waals surface area (Å²) >= 11 is 0. The molecule has 0 N–H and O–H groups in total. The molecule has 1 fully saturated rings. The van der Waals surface area contributed by atoms with Crippen LogP contribution in [0.15, 0.2) is 59.9 Å². The maximum Gasteiger partial charge on any atom is 0.135 e. The van der Waals surface area contributed by atoms with Crippen LogP contribution in [0.2, 0.25) is 0 Å². The Bertz CT molecular complexity index is 1210. The van der Waals surface area contributed by atoms with E-state index in [4.69, 9.17) is 4.74 Å². The fraction of sp³-hybridized carbons (Fsp3) is 0.452. The van der Waals surface area contributed by atoms with E-state index in [9.17, 15) is 8.78 Å². The summed E-state index contributed by atoms with van der Waals surface area (Å²) in [5.74, 6) is 0.433. The first kappa shape index (κ1) is 26.6. The summed E-state index contributed by atoms with van der Waals surface area (Å²) in [4.78, 5) is 16.6. The van der Waals surface area contributed by atoms with E-state index in [0.29, 0.717) is 18.1 Å². The molecule has 0 saturated carbocycles. The van der Waals surface area contributed by atoms with Gasteiger partial charge in [0.2, 0.25) is 0 Å². The van der Waals surface area contributed by atoms with Crippen LogP contribution in [0.25, 0.3) is 11.1 Å². The number of methoxy groups -OCH3 is 1. The van der Waals surface area contributed by atoms with E-state index in [-0.39, 0.29) is 11.6 Å². The van der Waals surface area contributed by atoms with Crippen LogP contribution in [0.5, 0.6) is 0 Å². The van der Waals surface area contributed by atoms with Crippen molar-refractivity contribution in [2.45, 2.75) is 51.0 Å². The number of halogens is 2. The van der Waals surface area contributed by atoms with Crippen LogP contribution < -0.4 is 0 Å². The molecule has 7 heteroatoms. The molecule has 2 aliphatic heterocycles. The van der Waals surface area contributed by atoms with Gasteiger partial charge in [-0.2, -0.15) is 0 Å². The van der Waals surface area contributed by atoms with Crippen molar-refractivity contribution in [3.63, 3.8) is 0 Å². The molecule has 0 bridgehead atoms. The molecule has 0 spiro atoms. The van der Waals surface area contributed by atoms with Crippen molar-refractivity contribution in [2.75, 3.05) is 33.4 Å². The number of hydrogen-bond donors (Lipinski definition) is 0. The number of rotatable bonds is 9. The normalized spacial score (nSPS) is 20.3. The van der Waals surface area contributed by atoms with Crippen molar-refractivity contribution in [1.29, 1.82) is 0 Å². The molecular formula is C31H36F2N4O. The molecule has 0 amide bonds. The Morgan fingerprint density at radius 1 is 0.921 bits per heavy atom. The standard InChI is InChI=1S/C31H36F2N4O/c1-38-18-4-16-37-15-3-5-22(14-17-37)19-30-34-20-25(21-35-30)23-8-10-24(11-9-23)28-12-13-29(36-28)31-26(32)6-2-7-27(31)33/h2,6-11,20-22,28H,3-5,12-19H2,1H3. The van der Waals surface area contributed by atoms with Crippen molar-refractivity contribution in [3.8, 4) is 11.1 Å². The van der Waals surface area contributed by atoms with Crippen LogP contribution in [-0.4, -0.2) is 53.9 Å². The molecule has 2 aliphatic rings. The summed E-state index contributed by atoms with van der Waals surface area (Å²) in [6.07, 6.45) is 10.8. The monoisotopic (exact) mass is 518 g/mol. The van der Waals surface area contributed by atoms with Gasteiger partial charge in [-0.05, 0) is 80.8 Å². The molecule has 200 valence electrons. The lowest BCUT2D eigenvalue weighted by molar-refractivity contribution is 0.172. The zero-order valence-corrected chi connectivity index (χ0v) is 22.1. The van der Waals surface area contributed by atoms with E-state index in [2.05, 4.69) is 19.9 Å². The molecule has 1 saturated heterocycles. The molecule has 2 aromatic carbocycles. The summed E-state index contributed by atoms with van der Waals surface area (Å²) in [6.45, 7) is 4.25. The number of aliphatic imine (C=N–C) groups is 1. The minimum atomic E-state index is -0.554. The van der Waals surface area contributed by atoms with Gasteiger partial charge in [-0.15, -0.1) is 0 Å². The molecule has 5 nitrogen and oxygen atoms in total. The SMILES string of the molecule is COCCCN1CCCC(Cc2ncc(-c3ccc(C4CCC(c5c(F)cccc5F)=N4)cc3)cn2)CC1. The Hall–Kier alpha value is -3.03. The molecule has 38 heavy (non-hydrogen) atoms. The lowest BCUT2D eigenvalue weighted by atomic mass is 9.96. The Labute approximate surface area is 224 Å². The Morgan fingerprint density at radius 2 is 1.68 bits per heavy atom. The second-order valence-corrected chi connectivity index (χ2v) is 10.4. The minimum absolute atomic E-state index is 0.00658. The van der Waals surface area contributed by atoms with Gasteiger partial charge >= 0.3 is 0 Å². The molecule has 1 aromatic heterocycles. The molecule has 5 rings (SSSR count). The average Bonchev–Trinajstić information content (AvgIpc) is 3.30. The molecule has 2 atom stereocenters. The second-order valence-electron chi connectivity index (χ2n) is 10.4. The number of likely N-dealkylation sites (tertiary alicyclic amines) is 1. The van der Waals surface area contributed by atoms with Gasteiger partial charge in [-0.3, -0.25) is 4.99 Å². The largest absolute Gasteiger partial charge is 0.385 e. The zero-order chi connectivity index (χ0) is 26.3. The van der Waals surface area contributed by atoms with Crippen molar-refractivity contribution < 1.29 is 13.5 Å². The summed E-state index contributed by atoms with van der Waals surface area (Å²) in [5.41, 5.74) is 3.58. The fourth-order valence-corrected chi connectivity index (χ4v) is 5.65. The van der Waals surface area contributed by atoms with Crippen molar-refractivity contribution in [2.24, 2.45) is 10.9 Å². The number of aromatic nitrogens is 2. The van der Waals surface area contributed by atoms with E-state index >= 15 is 0 Å². The molecule has 0 aliphatic carbocycles. The second kappa shape index (κ2) is 12.7. The van der Waals surface area contributed by atoms with Crippen molar-refractivity contribution in [1.82, 2.24) is 14.9 Å². The first-order valence-electron chi connectivity index (χ1n) is 13.7. The van der Waals surface area contributed by atoms with Crippen LogP contribution in [0.3, 0.4) is 0 Å².